The van der Waals surface area contributed by atoms with Gasteiger partial charge >= 0.3 is 5.97 Å². The van der Waals surface area contributed by atoms with Gasteiger partial charge in [0.1, 0.15) is 6.04 Å². The Morgan fingerprint density at radius 1 is 1.07 bits per heavy atom. The molecule has 3 rings (SSSR count). The number of carboxylic acid groups (broad SMARTS) is 1. The van der Waals surface area contributed by atoms with E-state index < -0.39 is 27.9 Å². The Labute approximate surface area is 171 Å². The van der Waals surface area contributed by atoms with E-state index >= 15 is 0 Å². The van der Waals surface area contributed by atoms with Crippen molar-refractivity contribution >= 4 is 38.4 Å². The molecule has 1 heterocycles. The van der Waals surface area contributed by atoms with Gasteiger partial charge in [-0.05, 0) is 24.1 Å². The monoisotopic (exact) mass is 431 g/mol. The summed E-state index contributed by atoms with van der Waals surface area (Å²) in [5, 5.41) is 14.0. The standard InChI is InChI=1S/C19H17N3O5S2/c23-17(21-19-20-10-11-28-19)14-8-4-5-9-16(14)29(26,27)22-15(18(24)25)12-13-6-2-1-3-7-13/h1-11,15,22H,12H2,(H,24,25)(H,20,21,23)/t15-/m0/s1. The predicted molar refractivity (Wildman–Crippen MR) is 108 cm³/mol. The van der Waals surface area contributed by atoms with Crippen molar-refractivity contribution in [2.45, 2.75) is 17.4 Å². The number of nitrogens with zero attached hydrogens (tertiary/aromatic N) is 1. The second-order valence-electron chi connectivity index (χ2n) is 5.99. The Morgan fingerprint density at radius 2 is 1.76 bits per heavy atom. The van der Waals surface area contributed by atoms with Crippen molar-refractivity contribution in [3.05, 3.63) is 77.3 Å². The van der Waals surface area contributed by atoms with Gasteiger partial charge in [0.15, 0.2) is 5.13 Å². The fraction of sp³-hybridized carbons (Fsp3) is 0.105. The van der Waals surface area contributed by atoms with Crippen molar-refractivity contribution in [1.82, 2.24) is 9.71 Å². The van der Waals surface area contributed by atoms with Crippen LogP contribution >= 0.6 is 11.3 Å². The summed E-state index contributed by atoms with van der Waals surface area (Å²) in [5.41, 5.74) is 0.552. The summed E-state index contributed by atoms with van der Waals surface area (Å²) >= 11 is 1.19. The quantitative estimate of drug-likeness (QED) is 0.503. The van der Waals surface area contributed by atoms with Crippen LogP contribution in [0.25, 0.3) is 0 Å². The summed E-state index contributed by atoms with van der Waals surface area (Å²) in [6, 6.07) is 12.9. The first-order chi connectivity index (χ1) is 13.9. The number of thiazole rings is 1. The number of benzene rings is 2. The maximum atomic E-state index is 12.9. The highest BCUT2D eigenvalue weighted by molar-refractivity contribution is 7.89. The molecule has 0 unspecified atom stereocenters. The third-order valence-corrected chi connectivity index (χ3v) is 6.17. The second kappa shape index (κ2) is 8.95. The Kier molecular flexibility index (Phi) is 6.37. The molecule has 0 aliphatic carbocycles. The van der Waals surface area contributed by atoms with E-state index in [1.54, 1.807) is 35.7 Å². The zero-order chi connectivity index (χ0) is 20.9. The summed E-state index contributed by atoms with van der Waals surface area (Å²) in [6.45, 7) is 0. The van der Waals surface area contributed by atoms with Gasteiger partial charge in [0, 0.05) is 11.6 Å². The maximum absolute atomic E-state index is 12.9. The lowest BCUT2D eigenvalue weighted by molar-refractivity contribution is -0.138. The van der Waals surface area contributed by atoms with Crippen molar-refractivity contribution in [2.75, 3.05) is 5.32 Å². The van der Waals surface area contributed by atoms with Crippen LogP contribution in [0, 0.1) is 0 Å². The molecular weight excluding hydrogens is 414 g/mol. The highest BCUT2D eigenvalue weighted by Crippen LogP contribution is 2.19. The van der Waals surface area contributed by atoms with Gasteiger partial charge in [-0.15, -0.1) is 11.3 Å². The average molecular weight is 431 g/mol. The van der Waals surface area contributed by atoms with Gasteiger partial charge in [-0.2, -0.15) is 4.72 Å². The number of carboxylic acids is 1. The number of aromatic nitrogens is 1. The number of hydrogen-bond donors (Lipinski definition) is 3. The van der Waals surface area contributed by atoms with Crippen LogP contribution in [0.1, 0.15) is 15.9 Å². The Bertz CT molecular complexity index is 1100. The minimum absolute atomic E-state index is 0.0388. The van der Waals surface area contributed by atoms with Crippen LogP contribution in [0.3, 0.4) is 0 Å². The summed E-state index contributed by atoms with van der Waals surface area (Å²) in [4.78, 5) is 27.8. The highest BCUT2D eigenvalue weighted by atomic mass is 32.2. The Hall–Kier alpha value is -3.08. The molecule has 0 bridgehead atoms. The molecule has 10 heteroatoms. The number of carbonyl (C=O) groups excluding carboxylic acids is 1. The van der Waals surface area contributed by atoms with Crippen LogP contribution in [0.2, 0.25) is 0 Å². The van der Waals surface area contributed by atoms with Gasteiger partial charge in [0.25, 0.3) is 5.91 Å². The SMILES string of the molecule is O=C(Nc1nccs1)c1ccccc1S(=O)(=O)N[C@@H](Cc1ccccc1)C(=O)O. The van der Waals surface area contributed by atoms with Gasteiger partial charge in [-0.1, -0.05) is 42.5 Å². The van der Waals surface area contributed by atoms with E-state index in [9.17, 15) is 23.1 Å². The van der Waals surface area contributed by atoms with Gasteiger partial charge in [0.05, 0.1) is 10.5 Å². The van der Waals surface area contributed by atoms with Crippen molar-refractivity contribution < 1.29 is 23.1 Å². The predicted octanol–water partition coefficient (Wildman–Crippen LogP) is 2.37. The molecule has 29 heavy (non-hydrogen) atoms. The number of anilines is 1. The lowest BCUT2D eigenvalue weighted by atomic mass is 10.1. The van der Waals surface area contributed by atoms with E-state index in [-0.39, 0.29) is 16.9 Å². The minimum atomic E-state index is -4.29. The van der Waals surface area contributed by atoms with Crippen LogP contribution in [-0.4, -0.2) is 36.4 Å². The van der Waals surface area contributed by atoms with Crippen molar-refractivity contribution in [3.63, 3.8) is 0 Å². The number of aliphatic carboxylic acids is 1. The molecule has 1 amide bonds. The zero-order valence-corrected chi connectivity index (χ0v) is 16.6. The molecule has 3 aromatic rings. The molecule has 0 saturated carbocycles. The van der Waals surface area contributed by atoms with E-state index in [4.69, 9.17) is 0 Å². The third kappa shape index (κ3) is 5.25. The summed E-state index contributed by atoms with van der Waals surface area (Å²) in [6.07, 6.45) is 1.47. The highest BCUT2D eigenvalue weighted by Gasteiger charge is 2.29. The molecule has 2 aromatic carbocycles. The number of hydrogen-bond acceptors (Lipinski definition) is 6. The van der Waals surface area contributed by atoms with Gasteiger partial charge < -0.3 is 5.11 Å². The topological polar surface area (TPSA) is 125 Å². The number of rotatable bonds is 8. The van der Waals surface area contributed by atoms with Crippen molar-refractivity contribution in [1.29, 1.82) is 0 Å². The van der Waals surface area contributed by atoms with Crippen LogP contribution in [0.5, 0.6) is 0 Å². The first-order valence-corrected chi connectivity index (χ1v) is 10.8. The van der Waals surface area contributed by atoms with E-state index in [2.05, 4.69) is 15.0 Å². The van der Waals surface area contributed by atoms with Crippen LogP contribution < -0.4 is 10.0 Å². The molecule has 150 valence electrons. The number of nitrogens with one attached hydrogen (secondary N) is 2. The molecule has 1 atom stereocenters. The number of carbonyl (C=O) groups is 2. The smallest absolute Gasteiger partial charge is 0.322 e. The van der Waals surface area contributed by atoms with Gasteiger partial charge in [-0.25, -0.2) is 13.4 Å². The summed E-state index contributed by atoms with van der Waals surface area (Å²) < 4.78 is 28.0. The van der Waals surface area contributed by atoms with Gasteiger partial charge in [-0.3, -0.25) is 14.9 Å². The Balaban J connectivity index is 1.86. The van der Waals surface area contributed by atoms with Crippen molar-refractivity contribution in [3.8, 4) is 0 Å². The average Bonchev–Trinajstić information content (AvgIpc) is 3.21. The van der Waals surface area contributed by atoms with Gasteiger partial charge in [0.2, 0.25) is 10.0 Å². The Morgan fingerprint density at radius 3 is 2.41 bits per heavy atom. The van der Waals surface area contributed by atoms with Crippen LogP contribution in [-0.2, 0) is 21.2 Å². The fourth-order valence-corrected chi connectivity index (χ4v) is 4.54. The lowest BCUT2D eigenvalue weighted by Crippen LogP contribution is -2.42. The molecule has 0 aliphatic heterocycles. The first kappa shape index (κ1) is 20.6. The molecule has 3 N–H and O–H groups in total. The maximum Gasteiger partial charge on any atom is 0.322 e. The zero-order valence-electron chi connectivity index (χ0n) is 15.0. The number of sulfonamides is 1. The van der Waals surface area contributed by atoms with Crippen LogP contribution in [0.15, 0.2) is 71.1 Å². The molecule has 0 aliphatic rings. The molecular formula is C19H17N3O5S2. The molecule has 0 fully saturated rings. The van der Waals surface area contributed by atoms with E-state index in [0.29, 0.717) is 10.7 Å². The molecule has 0 saturated heterocycles. The van der Waals surface area contributed by atoms with E-state index in [1.807, 2.05) is 0 Å². The summed E-state index contributed by atoms with van der Waals surface area (Å²) in [5.74, 6) is -1.97. The minimum Gasteiger partial charge on any atom is -0.480 e. The number of amides is 1. The molecule has 0 spiro atoms. The molecule has 0 radical (unpaired) electrons. The second-order valence-corrected chi connectivity index (χ2v) is 8.57. The fourth-order valence-electron chi connectivity index (χ4n) is 2.62. The molecule has 8 nitrogen and oxygen atoms in total. The van der Waals surface area contributed by atoms with E-state index in [1.165, 1.54) is 41.8 Å². The van der Waals surface area contributed by atoms with E-state index in [0.717, 1.165) is 0 Å². The normalized spacial score (nSPS) is 12.3. The first-order valence-electron chi connectivity index (χ1n) is 8.46. The molecule has 1 aromatic heterocycles. The van der Waals surface area contributed by atoms with Crippen LogP contribution in [0.4, 0.5) is 5.13 Å². The lowest BCUT2D eigenvalue weighted by Gasteiger charge is -2.16. The largest absolute Gasteiger partial charge is 0.480 e. The summed E-state index contributed by atoms with van der Waals surface area (Å²) in [7, 11) is -4.29. The van der Waals surface area contributed by atoms with Crippen molar-refractivity contribution in [2.24, 2.45) is 0 Å². The third-order valence-electron chi connectivity index (χ3n) is 3.95.